The molecule has 1 saturated heterocycles. The topological polar surface area (TPSA) is 61.4 Å². The zero-order valence-corrected chi connectivity index (χ0v) is 12.6. The molecule has 126 valence electrons. The first-order valence-corrected chi connectivity index (χ1v) is 7.31. The van der Waals surface area contributed by atoms with E-state index in [2.05, 4.69) is 10.6 Å². The van der Waals surface area contributed by atoms with Gasteiger partial charge in [0.05, 0.1) is 11.3 Å². The Kier molecular flexibility index (Phi) is 5.12. The lowest BCUT2D eigenvalue weighted by molar-refractivity contribution is -0.137. The third-order valence-electron chi connectivity index (χ3n) is 3.62. The van der Waals surface area contributed by atoms with Gasteiger partial charge in [0.2, 0.25) is 5.91 Å². The third kappa shape index (κ3) is 4.37. The van der Waals surface area contributed by atoms with Crippen LogP contribution in [0.2, 0.25) is 0 Å². The fourth-order valence-electron chi connectivity index (χ4n) is 2.47. The van der Waals surface area contributed by atoms with Gasteiger partial charge in [-0.15, -0.1) is 0 Å². The molecule has 1 fully saturated rings. The van der Waals surface area contributed by atoms with Crippen molar-refractivity contribution in [2.75, 3.05) is 18.4 Å². The molecule has 2 N–H and O–H groups in total. The Morgan fingerprint density at radius 2 is 1.78 bits per heavy atom. The monoisotopic (exact) mass is 329 g/mol. The van der Waals surface area contributed by atoms with Crippen LogP contribution in [0.1, 0.15) is 25.3 Å². The highest BCUT2D eigenvalue weighted by atomic mass is 19.4. The van der Waals surface area contributed by atoms with Gasteiger partial charge < -0.3 is 15.5 Å². The summed E-state index contributed by atoms with van der Waals surface area (Å²) in [6.07, 6.45) is -2.73. The summed E-state index contributed by atoms with van der Waals surface area (Å²) in [5, 5.41) is 4.53. The molecule has 1 aromatic carbocycles. The van der Waals surface area contributed by atoms with Gasteiger partial charge in [-0.25, -0.2) is 4.79 Å². The number of carbonyl (C=O) groups excluding carboxylic acids is 2. The van der Waals surface area contributed by atoms with Gasteiger partial charge in [-0.05, 0) is 31.9 Å². The molecule has 1 heterocycles. The van der Waals surface area contributed by atoms with E-state index in [0.717, 1.165) is 25.0 Å². The molecule has 0 aliphatic carbocycles. The normalized spacial score (nSPS) is 16.1. The minimum absolute atomic E-state index is 0.234. The van der Waals surface area contributed by atoms with E-state index in [1.807, 2.05) is 0 Å². The Labute approximate surface area is 131 Å². The number of hydrogen-bond acceptors (Lipinski definition) is 2. The number of rotatable bonds is 3. The van der Waals surface area contributed by atoms with Gasteiger partial charge in [0.1, 0.15) is 6.04 Å². The molecule has 0 bridgehead atoms. The number of alkyl halides is 3. The van der Waals surface area contributed by atoms with Gasteiger partial charge in [-0.3, -0.25) is 4.79 Å². The van der Waals surface area contributed by atoms with E-state index in [9.17, 15) is 22.8 Å². The van der Waals surface area contributed by atoms with Crippen LogP contribution in [0.25, 0.3) is 0 Å². The Morgan fingerprint density at radius 3 is 2.39 bits per heavy atom. The van der Waals surface area contributed by atoms with Gasteiger partial charge in [0.15, 0.2) is 0 Å². The number of carbonyl (C=O) groups is 2. The molecule has 1 aliphatic heterocycles. The van der Waals surface area contributed by atoms with E-state index in [1.165, 1.54) is 19.1 Å². The van der Waals surface area contributed by atoms with Crippen molar-refractivity contribution in [1.82, 2.24) is 10.2 Å². The average Bonchev–Trinajstić information content (AvgIpc) is 2.99. The minimum Gasteiger partial charge on any atom is -0.341 e. The Hall–Kier alpha value is -2.25. The predicted octanol–water partition coefficient (Wildman–Crippen LogP) is 2.84. The van der Waals surface area contributed by atoms with E-state index < -0.39 is 23.8 Å². The molecule has 0 aromatic heterocycles. The number of anilines is 1. The highest BCUT2D eigenvalue weighted by Gasteiger charge is 2.33. The first kappa shape index (κ1) is 17.1. The maximum absolute atomic E-state index is 12.9. The number of nitrogens with zero attached hydrogens (tertiary/aromatic N) is 1. The number of halogens is 3. The van der Waals surface area contributed by atoms with Crippen LogP contribution in [0.3, 0.4) is 0 Å². The van der Waals surface area contributed by atoms with Gasteiger partial charge in [-0.1, -0.05) is 12.1 Å². The van der Waals surface area contributed by atoms with Gasteiger partial charge in [0.25, 0.3) is 0 Å². The van der Waals surface area contributed by atoms with Gasteiger partial charge >= 0.3 is 12.2 Å². The molecule has 0 spiro atoms. The molecular weight excluding hydrogens is 311 g/mol. The summed E-state index contributed by atoms with van der Waals surface area (Å²) in [5.41, 5.74) is -1.29. The fourth-order valence-corrected chi connectivity index (χ4v) is 2.47. The van der Waals surface area contributed by atoms with Crippen LogP contribution in [-0.2, 0) is 11.0 Å². The lowest BCUT2D eigenvalue weighted by Gasteiger charge is -2.21. The number of urea groups is 1. The van der Waals surface area contributed by atoms with Crippen molar-refractivity contribution >= 4 is 17.6 Å². The van der Waals surface area contributed by atoms with Crippen molar-refractivity contribution in [3.05, 3.63) is 29.8 Å². The first-order chi connectivity index (χ1) is 10.8. The van der Waals surface area contributed by atoms with E-state index in [0.29, 0.717) is 13.1 Å². The largest absolute Gasteiger partial charge is 0.418 e. The average molecular weight is 329 g/mol. The van der Waals surface area contributed by atoms with Crippen LogP contribution in [-0.4, -0.2) is 36.0 Å². The number of likely N-dealkylation sites (tertiary alicyclic amines) is 1. The number of benzene rings is 1. The van der Waals surface area contributed by atoms with Crippen LogP contribution in [0.4, 0.5) is 23.7 Å². The number of para-hydroxylation sites is 1. The quantitative estimate of drug-likeness (QED) is 0.896. The van der Waals surface area contributed by atoms with E-state index >= 15 is 0 Å². The van der Waals surface area contributed by atoms with Crippen molar-refractivity contribution in [3.63, 3.8) is 0 Å². The SMILES string of the molecule is CC(NC(=O)Nc1ccccc1C(F)(F)F)C(=O)N1CCCC1. The highest BCUT2D eigenvalue weighted by molar-refractivity contribution is 5.94. The van der Waals surface area contributed by atoms with Crippen LogP contribution in [0, 0.1) is 0 Å². The molecule has 3 amide bonds. The third-order valence-corrected chi connectivity index (χ3v) is 3.62. The lowest BCUT2D eigenvalue weighted by atomic mass is 10.1. The van der Waals surface area contributed by atoms with E-state index in [1.54, 1.807) is 4.90 Å². The molecule has 1 aliphatic rings. The molecule has 8 heteroatoms. The highest BCUT2D eigenvalue weighted by Crippen LogP contribution is 2.34. The molecule has 23 heavy (non-hydrogen) atoms. The Bertz CT molecular complexity index is 584. The molecule has 0 saturated carbocycles. The first-order valence-electron chi connectivity index (χ1n) is 7.31. The molecular formula is C15H18F3N3O2. The van der Waals surface area contributed by atoms with Crippen molar-refractivity contribution in [2.24, 2.45) is 0 Å². The second-order valence-electron chi connectivity index (χ2n) is 5.40. The second-order valence-corrected chi connectivity index (χ2v) is 5.40. The number of hydrogen-bond donors (Lipinski definition) is 2. The summed E-state index contributed by atoms with van der Waals surface area (Å²) in [6.45, 7) is 2.79. The van der Waals surface area contributed by atoms with Crippen LogP contribution in [0.15, 0.2) is 24.3 Å². The molecule has 0 radical (unpaired) electrons. The van der Waals surface area contributed by atoms with Crippen molar-refractivity contribution in [1.29, 1.82) is 0 Å². The summed E-state index contributed by atoms with van der Waals surface area (Å²) in [6, 6.07) is 3.03. The fraction of sp³-hybridized carbons (Fsp3) is 0.467. The maximum atomic E-state index is 12.9. The molecule has 2 rings (SSSR count). The van der Waals surface area contributed by atoms with Gasteiger partial charge in [0, 0.05) is 13.1 Å². The molecule has 1 unspecified atom stereocenters. The molecule has 1 aromatic rings. The Morgan fingerprint density at radius 1 is 1.17 bits per heavy atom. The van der Waals surface area contributed by atoms with Gasteiger partial charge in [-0.2, -0.15) is 13.2 Å². The zero-order valence-electron chi connectivity index (χ0n) is 12.6. The standard InChI is InChI=1S/C15H18F3N3O2/c1-10(13(22)21-8-4-5-9-21)19-14(23)20-12-7-3-2-6-11(12)15(16,17)18/h2-3,6-7,10H,4-5,8-9H2,1H3,(H2,19,20,23). The van der Waals surface area contributed by atoms with Crippen LogP contribution >= 0.6 is 0 Å². The van der Waals surface area contributed by atoms with E-state index in [-0.39, 0.29) is 11.6 Å². The number of amides is 3. The smallest absolute Gasteiger partial charge is 0.341 e. The zero-order chi connectivity index (χ0) is 17.0. The summed E-state index contributed by atoms with van der Waals surface area (Å²) >= 11 is 0. The Balaban J connectivity index is 1.98. The van der Waals surface area contributed by atoms with Crippen molar-refractivity contribution in [3.8, 4) is 0 Å². The molecule has 5 nitrogen and oxygen atoms in total. The summed E-state index contributed by atoms with van der Waals surface area (Å²) < 4.78 is 38.6. The van der Waals surface area contributed by atoms with E-state index in [4.69, 9.17) is 0 Å². The lowest BCUT2D eigenvalue weighted by Crippen LogP contribution is -2.47. The van der Waals surface area contributed by atoms with Crippen molar-refractivity contribution in [2.45, 2.75) is 32.0 Å². The van der Waals surface area contributed by atoms with Crippen LogP contribution < -0.4 is 10.6 Å². The summed E-state index contributed by atoms with van der Waals surface area (Å²) in [4.78, 5) is 25.6. The summed E-state index contributed by atoms with van der Waals surface area (Å²) in [5.74, 6) is -0.234. The van der Waals surface area contributed by atoms with Crippen LogP contribution in [0.5, 0.6) is 0 Å². The molecule has 1 atom stereocenters. The maximum Gasteiger partial charge on any atom is 0.418 e. The predicted molar refractivity (Wildman–Crippen MR) is 78.9 cm³/mol. The van der Waals surface area contributed by atoms with Crippen molar-refractivity contribution < 1.29 is 22.8 Å². The summed E-state index contributed by atoms with van der Waals surface area (Å²) in [7, 11) is 0. The number of nitrogens with one attached hydrogen (secondary N) is 2. The minimum atomic E-state index is -4.57. The second kappa shape index (κ2) is 6.89.